The average Bonchev–Trinajstić information content (AvgIpc) is 2.96. The molecular formula is C18H19NO3. The highest BCUT2D eigenvalue weighted by Crippen LogP contribution is 2.21. The summed E-state index contributed by atoms with van der Waals surface area (Å²) in [6.07, 6.45) is 4.38. The van der Waals surface area contributed by atoms with E-state index in [1.54, 1.807) is 18.2 Å². The molecule has 4 nitrogen and oxygen atoms in total. The fourth-order valence-electron chi connectivity index (χ4n) is 2.53. The summed E-state index contributed by atoms with van der Waals surface area (Å²) < 4.78 is 0. The maximum absolute atomic E-state index is 9.76. The zero-order chi connectivity index (χ0) is 15.4. The third-order valence-corrected chi connectivity index (χ3v) is 3.76. The lowest BCUT2D eigenvalue weighted by molar-refractivity contribution is 0.0418. The SMILES string of the molecule is Oc1ccc(CC2C=C(CCc3ccccc3O)NO2)cc1. The molecule has 3 rings (SSSR count). The summed E-state index contributed by atoms with van der Waals surface area (Å²) in [5, 5.41) is 19.0. The van der Waals surface area contributed by atoms with Crippen molar-refractivity contribution in [1.29, 1.82) is 0 Å². The van der Waals surface area contributed by atoms with Gasteiger partial charge in [-0.15, -0.1) is 0 Å². The molecule has 1 heterocycles. The Bertz CT molecular complexity index is 664. The molecule has 0 fully saturated rings. The molecule has 2 aromatic carbocycles. The molecule has 0 amide bonds. The third-order valence-electron chi connectivity index (χ3n) is 3.76. The first kappa shape index (κ1) is 14.5. The smallest absolute Gasteiger partial charge is 0.118 e. The molecule has 2 aromatic rings. The maximum atomic E-state index is 9.76. The van der Waals surface area contributed by atoms with Crippen molar-refractivity contribution < 1.29 is 15.1 Å². The van der Waals surface area contributed by atoms with Crippen LogP contribution < -0.4 is 5.48 Å². The summed E-state index contributed by atoms with van der Waals surface area (Å²) in [5.41, 5.74) is 6.04. The van der Waals surface area contributed by atoms with Gasteiger partial charge in [-0.05, 0) is 48.2 Å². The highest BCUT2D eigenvalue weighted by Gasteiger charge is 2.17. The molecule has 0 aliphatic carbocycles. The van der Waals surface area contributed by atoms with Crippen LogP contribution in [-0.2, 0) is 17.7 Å². The Morgan fingerprint density at radius 3 is 2.50 bits per heavy atom. The Morgan fingerprint density at radius 2 is 1.73 bits per heavy atom. The lowest BCUT2D eigenvalue weighted by atomic mass is 10.0. The van der Waals surface area contributed by atoms with Crippen LogP contribution in [0.15, 0.2) is 60.3 Å². The molecule has 1 aliphatic rings. The quantitative estimate of drug-likeness (QED) is 0.794. The predicted octanol–water partition coefficient (Wildman–Crippen LogP) is 3.06. The van der Waals surface area contributed by atoms with Gasteiger partial charge in [0, 0.05) is 12.1 Å². The Hall–Kier alpha value is -2.46. The van der Waals surface area contributed by atoms with E-state index in [0.29, 0.717) is 5.75 Å². The van der Waals surface area contributed by atoms with Crippen molar-refractivity contribution in [3.8, 4) is 11.5 Å². The summed E-state index contributed by atoms with van der Waals surface area (Å²) in [5.74, 6) is 0.607. The number of phenols is 2. The van der Waals surface area contributed by atoms with Crippen LogP contribution in [0.4, 0.5) is 0 Å². The van der Waals surface area contributed by atoms with Crippen LogP contribution in [0.3, 0.4) is 0 Å². The molecule has 0 aromatic heterocycles. The lowest BCUT2D eigenvalue weighted by Crippen LogP contribution is -2.14. The zero-order valence-corrected chi connectivity index (χ0v) is 12.2. The van der Waals surface area contributed by atoms with E-state index in [-0.39, 0.29) is 11.9 Å². The zero-order valence-electron chi connectivity index (χ0n) is 12.2. The van der Waals surface area contributed by atoms with Gasteiger partial charge in [0.05, 0.1) is 0 Å². The van der Waals surface area contributed by atoms with Gasteiger partial charge in [-0.3, -0.25) is 10.3 Å². The molecule has 1 unspecified atom stereocenters. The monoisotopic (exact) mass is 297 g/mol. The number of aryl methyl sites for hydroxylation is 1. The normalized spacial score (nSPS) is 17.1. The summed E-state index contributed by atoms with van der Waals surface area (Å²) in [6.45, 7) is 0. The number of aromatic hydroxyl groups is 2. The van der Waals surface area contributed by atoms with Crippen LogP contribution in [-0.4, -0.2) is 16.3 Å². The molecule has 0 saturated carbocycles. The second-order valence-corrected chi connectivity index (χ2v) is 5.45. The van der Waals surface area contributed by atoms with E-state index >= 15 is 0 Å². The van der Waals surface area contributed by atoms with Gasteiger partial charge in [-0.2, -0.15) is 0 Å². The van der Waals surface area contributed by atoms with Gasteiger partial charge >= 0.3 is 0 Å². The number of hydroxylamine groups is 1. The highest BCUT2D eigenvalue weighted by atomic mass is 16.7. The van der Waals surface area contributed by atoms with Gasteiger partial charge in [0.15, 0.2) is 0 Å². The van der Waals surface area contributed by atoms with Crippen molar-refractivity contribution in [2.75, 3.05) is 0 Å². The molecule has 1 atom stereocenters. The van der Waals surface area contributed by atoms with Crippen molar-refractivity contribution in [3.63, 3.8) is 0 Å². The Morgan fingerprint density at radius 1 is 0.955 bits per heavy atom. The predicted molar refractivity (Wildman–Crippen MR) is 84.3 cm³/mol. The van der Waals surface area contributed by atoms with E-state index in [0.717, 1.165) is 36.1 Å². The Kier molecular flexibility index (Phi) is 4.30. The summed E-state index contributed by atoms with van der Waals surface area (Å²) in [7, 11) is 0. The van der Waals surface area contributed by atoms with Gasteiger partial charge in [0.25, 0.3) is 0 Å². The van der Waals surface area contributed by atoms with E-state index in [2.05, 4.69) is 11.6 Å². The minimum Gasteiger partial charge on any atom is -0.508 e. The van der Waals surface area contributed by atoms with Crippen LogP contribution in [0.25, 0.3) is 0 Å². The topological polar surface area (TPSA) is 61.7 Å². The van der Waals surface area contributed by atoms with Crippen molar-refractivity contribution in [2.24, 2.45) is 0 Å². The number of hydrogen-bond acceptors (Lipinski definition) is 4. The molecule has 0 saturated heterocycles. The molecular weight excluding hydrogens is 278 g/mol. The summed E-state index contributed by atoms with van der Waals surface area (Å²) >= 11 is 0. The fraction of sp³-hybridized carbons (Fsp3) is 0.222. The average molecular weight is 297 g/mol. The van der Waals surface area contributed by atoms with Crippen LogP contribution in [0, 0.1) is 0 Å². The first-order chi connectivity index (χ1) is 10.7. The number of allylic oxidation sites excluding steroid dienone is 1. The van der Waals surface area contributed by atoms with E-state index < -0.39 is 0 Å². The van der Waals surface area contributed by atoms with Gasteiger partial charge in [0.2, 0.25) is 0 Å². The van der Waals surface area contributed by atoms with Gasteiger partial charge in [-0.25, -0.2) is 0 Å². The molecule has 3 N–H and O–H groups in total. The third kappa shape index (κ3) is 3.59. The maximum Gasteiger partial charge on any atom is 0.118 e. The van der Waals surface area contributed by atoms with E-state index in [1.807, 2.05) is 30.3 Å². The van der Waals surface area contributed by atoms with Gasteiger partial charge in [0.1, 0.15) is 17.6 Å². The van der Waals surface area contributed by atoms with Crippen molar-refractivity contribution in [2.45, 2.75) is 25.4 Å². The number of nitrogens with one attached hydrogen (secondary N) is 1. The minimum atomic E-state index is -0.0103. The van der Waals surface area contributed by atoms with Crippen LogP contribution >= 0.6 is 0 Å². The number of rotatable bonds is 5. The molecule has 22 heavy (non-hydrogen) atoms. The number of hydrogen-bond donors (Lipinski definition) is 3. The molecule has 114 valence electrons. The number of benzene rings is 2. The van der Waals surface area contributed by atoms with Crippen LogP contribution in [0.2, 0.25) is 0 Å². The molecule has 0 spiro atoms. The van der Waals surface area contributed by atoms with Crippen molar-refractivity contribution in [1.82, 2.24) is 5.48 Å². The number of para-hydroxylation sites is 1. The minimum absolute atomic E-state index is 0.0103. The van der Waals surface area contributed by atoms with E-state index in [1.165, 1.54) is 0 Å². The fourth-order valence-corrected chi connectivity index (χ4v) is 2.53. The summed E-state index contributed by atoms with van der Waals surface area (Å²) in [6, 6.07) is 14.5. The number of phenolic OH excluding ortho intramolecular Hbond substituents is 2. The summed E-state index contributed by atoms with van der Waals surface area (Å²) in [4.78, 5) is 5.55. The van der Waals surface area contributed by atoms with Crippen molar-refractivity contribution >= 4 is 0 Å². The standard InChI is InChI=1S/C18H19NO3/c20-16-9-5-13(6-10-16)11-17-12-15(19-22-17)8-7-14-3-1-2-4-18(14)21/h1-6,9-10,12,17,19-21H,7-8,11H2. The lowest BCUT2D eigenvalue weighted by Gasteiger charge is -2.07. The largest absolute Gasteiger partial charge is 0.508 e. The first-order valence-corrected chi connectivity index (χ1v) is 7.38. The first-order valence-electron chi connectivity index (χ1n) is 7.38. The van der Waals surface area contributed by atoms with Crippen LogP contribution in [0.1, 0.15) is 17.5 Å². The molecule has 4 heteroatoms. The van der Waals surface area contributed by atoms with Crippen LogP contribution in [0.5, 0.6) is 11.5 Å². The molecule has 0 bridgehead atoms. The highest BCUT2D eigenvalue weighted by molar-refractivity contribution is 5.32. The molecule has 1 aliphatic heterocycles. The van der Waals surface area contributed by atoms with Gasteiger partial charge < -0.3 is 10.2 Å². The Balaban J connectivity index is 1.55. The van der Waals surface area contributed by atoms with E-state index in [9.17, 15) is 10.2 Å². The van der Waals surface area contributed by atoms with Gasteiger partial charge in [-0.1, -0.05) is 30.3 Å². The molecule has 0 radical (unpaired) electrons. The second kappa shape index (κ2) is 6.54. The Labute approximate surface area is 129 Å². The van der Waals surface area contributed by atoms with Crippen molar-refractivity contribution in [3.05, 3.63) is 71.4 Å². The second-order valence-electron chi connectivity index (χ2n) is 5.45. The van der Waals surface area contributed by atoms with E-state index in [4.69, 9.17) is 4.84 Å².